The number of nitrogens with one attached hydrogen (secondary N) is 1. The highest BCUT2D eigenvalue weighted by molar-refractivity contribution is 5.53. The van der Waals surface area contributed by atoms with Crippen LogP contribution in [-0.2, 0) is 19.5 Å². The lowest BCUT2D eigenvalue weighted by molar-refractivity contribution is 0.242. The van der Waals surface area contributed by atoms with Crippen LogP contribution in [0.3, 0.4) is 0 Å². The van der Waals surface area contributed by atoms with E-state index in [0.717, 1.165) is 49.4 Å². The van der Waals surface area contributed by atoms with Crippen LogP contribution in [0.1, 0.15) is 30.7 Å². The molecule has 0 unspecified atom stereocenters. The van der Waals surface area contributed by atoms with Crippen molar-refractivity contribution in [3.05, 3.63) is 76.0 Å². The van der Waals surface area contributed by atoms with E-state index < -0.39 is 0 Å². The number of anilines is 1. The number of hydrogen-bond donors (Lipinski definition) is 1. The van der Waals surface area contributed by atoms with E-state index in [2.05, 4.69) is 57.9 Å². The molecule has 0 saturated carbocycles. The lowest BCUT2D eigenvalue weighted by Gasteiger charge is -2.28. The van der Waals surface area contributed by atoms with Gasteiger partial charge < -0.3 is 9.88 Å². The van der Waals surface area contributed by atoms with Gasteiger partial charge in [-0.15, -0.1) is 0 Å². The molecule has 3 heterocycles. The Labute approximate surface area is 171 Å². The first-order valence-corrected chi connectivity index (χ1v) is 10.3. The lowest BCUT2D eigenvalue weighted by Crippen LogP contribution is -2.35. The zero-order valence-electron chi connectivity index (χ0n) is 17.1. The van der Waals surface area contributed by atoms with Crippen LogP contribution in [0, 0.1) is 0 Å². The fourth-order valence-electron chi connectivity index (χ4n) is 3.91. The predicted molar refractivity (Wildman–Crippen MR) is 116 cm³/mol. The average Bonchev–Trinajstić information content (AvgIpc) is 2.77. The normalized spacial score (nSPS) is 13.9. The summed E-state index contributed by atoms with van der Waals surface area (Å²) in [5.74, 6) is 0.599. The van der Waals surface area contributed by atoms with Gasteiger partial charge in [0.15, 0.2) is 0 Å². The molecule has 1 aliphatic heterocycles. The summed E-state index contributed by atoms with van der Waals surface area (Å²) < 4.78 is 0. The maximum absolute atomic E-state index is 12.7. The van der Waals surface area contributed by atoms with E-state index in [1.807, 2.05) is 12.1 Å². The number of fused-ring (bicyclic) bond motifs is 1. The number of rotatable bonds is 6. The van der Waals surface area contributed by atoms with Crippen LogP contribution < -0.4 is 10.5 Å². The van der Waals surface area contributed by atoms with E-state index in [-0.39, 0.29) is 5.56 Å². The van der Waals surface area contributed by atoms with E-state index in [4.69, 9.17) is 4.98 Å². The molecular formula is C23H27N5O. The molecule has 2 aromatic heterocycles. The molecule has 3 aromatic rings. The Balaban J connectivity index is 1.48. The van der Waals surface area contributed by atoms with Gasteiger partial charge in [0.1, 0.15) is 5.82 Å². The third-order valence-corrected chi connectivity index (χ3v) is 5.55. The first-order valence-electron chi connectivity index (χ1n) is 10.3. The lowest BCUT2D eigenvalue weighted by atomic mass is 10.1. The van der Waals surface area contributed by atoms with Gasteiger partial charge in [0, 0.05) is 62.8 Å². The minimum Gasteiger partial charge on any atom is -0.372 e. The van der Waals surface area contributed by atoms with Crippen molar-refractivity contribution < 1.29 is 0 Å². The first-order chi connectivity index (χ1) is 14.2. The van der Waals surface area contributed by atoms with Crippen LogP contribution >= 0.6 is 0 Å². The van der Waals surface area contributed by atoms with Gasteiger partial charge in [-0.25, -0.2) is 4.98 Å². The third kappa shape index (κ3) is 4.22. The summed E-state index contributed by atoms with van der Waals surface area (Å²) in [4.78, 5) is 29.1. The smallest absolute Gasteiger partial charge is 0.255 e. The molecule has 1 N–H and O–H groups in total. The molecule has 4 rings (SSSR count). The van der Waals surface area contributed by atoms with Crippen LogP contribution in [0.25, 0.3) is 11.4 Å². The zero-order chi connectivity index (χ0) is 20.2. The van der Waals surface area contributed by atoms with Gasteiger partial charge in [-0.2, -0.15) is 0 Å². The molecule has 6 nitrogen and oxygen atoms in total. The molecule has 0 atom stereocenters. The minimum absolute atomic E-state index is 0.0459. The predicted octanol–water partition coefficient (Wildman–Crippen LogP) is 3.24. The standard InChI is InChI=1S/C23H27N5O/c1-3-28(4-2)19-9-7-17(8-10-19)15-27-13-11-21-20(16-27)23(29)26-22(25-21)18-6-5-12-24-14-18/h5-10,12,14H,3-4,11,13,15-16H2,1-2H3,(H,25,26,29). The molecule has 0 fully saturated rings. The number of pyridine rings is 1. The van der Waals surface area contributed by atoms with Gasteiger partial charge >= 0.3 is 0 Å². The molecule has 0 aliphatic carbocycles. The number of hydrogen-bond acceptors (Lipinski definition) is 5. The Morgan fingerprint density at radius 2 is 1.93 bits per heavy atom. The van der Waals surface area contributed by atoms with Crippen molar-refractivity contribution in [2.24, 2.45) is 0 Å². The summed E-state index contributed by atoms with van der Waals surface area (Å²) in [5, 5.41) is 0. The summed E-state index contributed by atoms with van der Waals surface area (Å²) in [5.41, 5.74) is 5.00. The van der Waals surface area contributed by atoms with Crippen molar-refractivity contribution in [3.8, 4) is 11.4 Å². The quantitative estimate of drug-likeness (QED) is 0.701. The fourth-order valence-corrected chi connectivity index (χ4v) is 3.91. The van der Waals surface area contributed by atoms with E-state index >= 15 is 0 Å². The molecular weight excluding hydrogens is 362 g/mol. The van der Waals surface area contributed by atoms with Crippen molar-refractivity contribution in [1.82, 2.24) is 19.9 Å². The number of aromatic amines is 1. The Bertz CT molecular complexity index is 1010. The highest BCUT2D eigenvalue weighted by Gasteiger charge is 2.21. The molecule has 29 heavy (non-hydrogen) atoms. The van der Waals surface area contributed by atoms with Gasteiger partial charge in [-0.1, -0.05) is 12.1 Å². The second-order valence-corrected chi connectivity index (χ2v) is 7.38. The van der Waals surface area contributed by atoms with Gasteiger partial charge in [0.2, 0.25) is 0 Å². The molecule has 6 heteroatoms. The number of aromatic nitrogens is 3. The number of nitrogens with zero attached hydrogens (tertiary/aromatic N) is 4. The SMILES string of the molecule is CCN(CC)c1ccc(CN2CCc3nc(-c4cccnc4)[nH]c(=O)c3C2)cc1. The van der Waals surface area contributed by atoms with E-state index in [0.29, 0.717) is 12.4 Å². The van der Waals surface area contributed by atoms with Gasteiger partial charge in [-0.05, 0) is 43.7 Å². The Morgan fingerprint density at radius 3 is 2.62 bits per heavy atom. The van der Waals surface area contributed by atoms with Crippen LogP contribution in [0.15, 0.2) is 53.6 Å². The molecule has 1 aromatic carbocycles. The van der Waals surface area contributed by atoms with E-state index in [1.54, 1.807) is 12.4 Å². The topological polar surface area (TPSA) is 65.1 Å². The summed E-state index contributed by atoms with van der Waals surface area (Å²) in [6.07, 6.45) is 4.22. The van der Waals surface area contributed by atoms with Crippen molar-refractivity contribution in [2.45, 2.75) is 33.4 Å². The minimum atomic E-state index is -0.0459. The molecule has 0 spiro atoms. The summed E-state index contributed by atoms with van der Waals surface area (Å²) in [7, 11) is 0. The number of H-pyrrole nitrogens is 1. The van der Waals surface area contributed by atoms with Gasteiger partial charge in [-0.3, -0.25) is 14.7 Å². The van der Waals surface area contributed by atoms with Crippen molar-refractivity contribution >= 4 is 5.69 Å². The summed E-state index contributed by atoms with van der Waals surface area (Å²) >= 11 is 0. The second-order valence-electron chi connectivity index (χ2n) is 7.38. The average molecular weight is 390 g/mol. The van der Waals surface area contributed by atoms with Crippen molar-refractivity contribution in [1.29, 1.82) is 0 Å². The highest BCUT2D eigenvalue weighted by Crippen LogP contribution is 2.21. The molecule has 0 saturated heterocycles. The van der Waals surface area contributed by atoms with Gasteiger partial charge in [0.05, 0.1) is 11.3 Å². The number of benzene rings is 1. The van der Waals surface area contributed by atoms with Crippen molar-refractivity contribution in [3.63, 3.8) is 0 Å². The van der Waals surface area contributed by atoms with E-state index in [1.165, 1.54) is 11.3 Å². The van der Waals surface area contributed by atoms with Crippen LogP contribution in [-0.4, -0.2) is 39.5 Å². The van der Waals surface area contributed by atoms with Crippen LogP contribution in [0.2, 0.25) is 0 Å². The largest absolute Gasteiger partial charge is 0.372 e. The van der Waals surface area contributed by atoms with Crippen LogP contribution in [0.4, 0.5) is 5.69 Å². The monoisotopic (exact) mass is 389 g/mol. The zero-order valence-corrected chi connectivity index (χ0v) is 17.1. The first kappa shape index (κ1) is 19.3. The maximum atomic E-state index is 12.7. The summed E-state index contributed by atoms with van der Waals surface area (Å²) in [6.45, 7) is 8.73. The molecule has 150 valence electrons. The maximum Gasteiger partial charge on any atom is 0.255 e. The Hall–Kier alpha value is -2.99. The Morgan fingerprint density at radius 1 is 1.14 bits per heavy atom. The molecule has 0 amide bonds. The molecule has 0 radical (unpaired) electrons. The highest BCUT2D eigenvalue weighted by atomic mass is 16.1. The van der Waals surface area contributed by atoms with Gasteiger partial charge in [0.25, 0.3) is 5.56 Å². The van der Waals surface area contributed by atoms with E-state index in [9.17, 15) is 4.79 Å². The summed E-state index contributed by atoms with van der Waals surface area (Å²) in [6, 6.07) is 12.5. The molecule has 1 aliphatic rings. The second kappa shape index (κ2) is 8.57. The third-order valence-electron chi connectivity index (χ3n) is 5.55. The Kier molecular flexibility index (Phi) is 5.71. The van der Waals surface area contributed by atoms with Crippen molar-refractivity contribution in [2.75, 3.05) is 24.5 Å². The fraction of sp³-hybridized carbons (Fsp3) is 0.348. The molecule has 0 bridgehead atoms. The van der Waals surface area contributed by atoms with Crippen LogP contribution in [0.5, 0.6) is 0 Å².